The van der Waals surface area contributed by atoms with Crippen molar-refractivity contribution in [2.45, 2.75) is 31.5 Å². The lowest BCUT2D eigenvalue weighted by Gasteiger charge is -2.30. The zero-order valence-corrected chi connectivity index (χ0v) is 16.9. The number of rotatable bonds is 5. The monoisotopic (exact) mass is 410 g/mol. The molecular formula is C22H22N2O4S. The Balaban J connectivity index is 1.51. The Labute approximate surface area is 175 Å². The van der Waals surface area contributed by atoms with E-state index in [1.165, 1.54) is 4.90 Å². The summed E-state index contributed by atoms with van der Waals surface area (Å²) in [6.45, 7) is 2.54. The maximum atomic E-state index is 13.1. The van der Waals surface area contributed by atoms with Crippen LogP contribution in [0.4, 0.5) is 4.79 Å². The Morgan fingerprint density at radius 3 is 2.17 bits per heavy atom. The van der Waals surface area contributed by atoms with Crippen molar-refractivity contribution in [2.24, 2.45) is 0 Å². The number of nitrogens with zero attached hydrogens (tertiary/aromatic N) is 2. The Morgan fingerprint density at radius 1 is 1.00 bits per heavy atom. The average Bonchev–Trinajstić information content (AvgIpc) is 3.32. The predicted molar refractivity (Wildman–Crippen MR) is 111 cm³/mol. The minimum absolute atomic E-state index is 0.0538. The molecule has 150 valence electrons. The van der Waals surface area contributed by atoms with Gasteiger partial charge in [-0.1, -0.05) is 60.7 Å². The molecule has 4 rings (SSSR count). The van der Waals surface area contributed by atoms with E-state index in [0.29, 0.717) is 11.8 Å². The third-order valence-electron chi connectivity index (χ3n) is 5.37. The summed E-state index contributed by atoms with van der Waals surface area (Å²) in [4.78, 5) is 28.5. The largest absolute Gasteiger partial charge is 0.468 e. The van der Waals surface area contributed by atoms with E-state index in [2.05, 4.69) is 0 Å². The summed E-state index contributed by atoms with van der Waals surface area (Å²) in [6, 6.07) is 18.7. The molecule has 2 aliphatic rings. The molecule has 2 aliphatic heterocycles. The topological polar surface area (TPSA) is 59.1 Å². The Bertz CT molecular complexity index is 906. The van der Waals surface area contributed by atoms with Gasteiger partial charge in [-0.2, -0.15) is 0 Å². The maximum Gasteiger partial charge on any atom is 0.417 e. The summed E-state index contributed by atoms with van der Waals surface area (Å²) in [5.74, 6) is -0.282. The first-order valence-electron chi connectivity index (χ1n) is 9.60. The molecule has 29 heavy (non-hydrogen) atoms. The molecule has 0 saturated carbocycles. The highest BCUT2D eigenvalue weighted by atomic mass is 32.1. The molecule has 0 bridgehead atoms. The number of benzene rings is 2. The van der Waals surface area contributed by atoms with Gasteiger partial charge in [0.1, 0.15) is 19.3 Å². The van der Waals surface area contributed by atoms with Gasteiger partial charge in [-0.15, -0.1) is 0 Å². The molecular weight excluding hydrogens is 388 g/mol. The van der Waals surface area contributed by atoms with Gasteiger partial charge >= 0.3 is 6.09 Å². The molecule has 2 saturated heterocycles. The van der Waals surface area contributed by atoms with Crippen LogP contribution in [0.15, 0.2) is 60.7 Å². The number of hydrogen-bond donors (Lipinski definition) is 0. The van der Waals surface area contributed by atoms with E-state index in [9.17, 15) is 9.59 Å². The van der Waals surface area contributed by atoms with Crippen LogP contribution < -0.4 is 0 Å². The molecule has 0 unspecified atom stereocenters. The van der Waals surface area contributed by atoms with Crippen molar-refractivity contribution >= 4 is 29.4 Å². The molecule has 0 aliphatic carbocycles. The fourth-order valence-electron chi connectivity index (χ4n) is 3.92. The number of thiocarbonyl (C=S) groups is 1. The molecule has 2 fully saturated rings. The van der Waals surface area contributed by atoms with Gasteiger partial charge in [0.05, 0.1) is 6.04 Å². The fourth-order valence-corrected chi connectivity index (χ4v) is 4.29. The summed E-state index contributed by atoms with van der Waals surface area (Å²) in [5, 5.41) is 0.378. The van der Waals surface area contributed by atoms with Crippen LogP contribution in [0.25, 0.3) is 0 Å². The molecule has 2 heterocycles. The van der Waals surface area contributed by atoms with Gasteiger partial charge in [-0.25, -0.2) is 9.69 Å². The van der Waals surface area contributed by atoms with Gasteiger partial charge in [0, 0.05) is 12.5 Å². The molecule has 6 nitrogen and oxygen atoms in total. The van der Waals surface area contributed by atoms with Gasteiger partial charge < -0.3 is 14.4 Å². The number of carbonyl (C=O) groups is 2. The van der Waals surface area contributed by atoms with Crippen molar-refractivity contribution in [1.29, 1.82) is 0 Å². The smallest absolute Gasteiger partial charge is 0.417 e. The fraction of sp³-hybridized carbons (Fsp3) is 0.318. The first-order chi connectivity index (χ1) is 14.1. The summed E-state index contributed by atoms with van der Waals surface area (Å²) < 4.78 is 10.8. The van der Waals surface area contributed by atoms with Crippen LogP contribution >= 0.6 is 12.2 Å². The highest BCUT2D eigenvalue weighted by molar-refractivity contribution is 7.80. The second-order valence-electron chi connectivity index (χ2n) is 7.23. The van der Waals surface area contributed by atoms with Crippen LogP contribution in [0.1, 0.15) is 36.6 Å². The van der Waals surface area contributed by atoms with Crippen LogP contribution in [0.5, 0.6) is 0 Å². The minimum atomic E-state index is -0.601. The molecule has 0 aromatic heterocycles. The van der Waals surface area contributed by atoms with Crippen LogP contribution in [0.3, 0.4) is 0 Å². The lowest BCUT2D eigenvalue weighted by molar-refractivity contribution is -0.130. The number of amides is 2. The van der Waals surface area contributed by atoms with E-state index in [1.54, 1.807) is 0 Å². The summed E-state index contributed by atoms with van der Waals surface area (Å²) in [5.41, 5.74) is 1.95. The van der Waals surface area contributed by atoms with Crippen LogP contribution in [-0.2, 0) is 14.3 Å². The average molecular weight is 410 g/mol. The van der Waals surface area contributed by atoms with Crippen LogP contribution in [-0.4, -0.2) is 46.2 Å². The third-order valence-corrected chi connectivity index (χ3v) is 5.70. The number of cyclic esters (lactones) is 1. The zero-order chi connectivity index (χ0) is 20.4. The number of carbonyl (C=O) groups excluding carboxylic acids is 2. The van der Waals surface area contributed by atoms with Gasteiger partial charge in [0.25, 0.3) is 5.17 Å². The molecule has 0 spiro atoms. The molecule has 7 heteroatoms. The SMILES string of the molecule is C[C@H](CC(=O)N1C(=O)OC[C@@H]1c1ccccc1)N1C(=S)OC[C@H]1c1ccccc1. The van der Waals surface area contributed by atoms with E-state index >= 15 is 0 Å². The van der Waals surface area contributed by atoms with Crippen molar-refractivity contribution in [3.05, 3.63) is 71.8 Å². The maximum absolute atomic E-state index is 13.1. The highest BCUT2D eigenvalue weighted by Gasteiger charge is 2.41. The second kappa shape index (κ2) is 8.21. The third kappa shape index (κ3) is 3.82. The first kappa shape index (κ1) is 19.4. The standard InChI is InChI=1S/C22H22N2O4S/c1-15(23-18(14-28-22(23)29)16-8-4-2-5-9-16)12-20(25)24-19(13-27-21(24)26)17-10-6-3-7-11-17/h2-11,15,18-19H,12-14H2,1H3/t15-,18+,19-/m1/s1. The van der Waals surface area contributed by atoms with E-state index in [-0.39, 0.29) is 31.0 Å². The Morgan fingerprint density at radius 2 is 1.55 bits per heavy atom. The van der Waals surface area contributed by atoms with E-state index in [0.717, 1.165) is 11.1 Å². The lowest BCUT2D eigenvalue weighted by atomic mass is 10.0. The molecule has 2 aromatic rings. The molecule has 2 aromatic carbocycles. The second-order valence-corrected chi connectivity index (χ2v) is 7.58. The van der Waals surface area contributed by atoms with E-state index < -0.39 is 12.1 Å². The highest BCUT2D eigenvalue weighted by Crippen LogP contribution is 2.33. The normalized spacial score (nSPS) is 22.4. The number of ether oxygens (including phenoxy) is 2. The molecule has 0 radical (unpaired) electrons. The van der Waals surface area contributed by atoms with Crippen LogP contribution in [0, 0.1) is 0 Å². The van der Waals surface area contributed by atoms with Gasteiger partial charge in [0.2, 0.25) is 5.91 Å². The van der Waals surface area contributed by atoms with Crippen LogP contribution in [0.2, 0.25) is 0 Å². The first-order valence-corrected chi connectivity index (χ1v) is 10.0. The van der Waals surface area contributed by atoms with Gasteiger partial charge in [0.15, 0.2) is 0 Å². The molecule has 3 atom stereocenters. The quantitative estimate of drug-likeness (QED) is 0.698. The van der Waals surface area contributed by atoms with Gasteiger partial charge in [-0.05, 0) is 30.3 Å². The van der Waals surface area contributed by atoms with E-state index in [4.69, 9.17) is 21.7 Å². The van der Waals surface area contributed by atoms with Crippen molar-refractivity contribution in [2.75, 3.05) is 13.2 Å². The summed E-state index contributed by atoms with van der Waals surface area (Å²) in [7, 11) is 0. The van der Waals surface area contributed by atoms with Crippen molar-refractivity contribution in [3.8, 4) is 0 Å². The van der Waals surface area contributed by atoms with E-state index in [1.807, 2.05) is 72.5 Å². The summed E-state index contributed by atoms with van der Waals surface area (Å²) in [6.07, 6.45) is -0.471. The summed E-state index contributed by atoms with van der Waals surface area (Å²) >= 11 is 5.39. The van der Waals surface area contributed by atoms with Gasteiger partial charge in [-0.3, -0.25) is 4.79 Å². The lowest BCUT2D eigenvalue weighted by Crippen LogP contribution is -2.42. The predicted octanol–water partition coefficient (Wildman–Crippen LogP) is 3.84. The minimum Gasteiger partial charge on any atom is -0.468 e. The Hall–Kier alpha value is -2.93. The number of imide groups is 1. The molecule has 2 amide bonds. The molecule has 0 N–H and O–H groups in total. The van der Waals surface area contributed by atoms with Crippen molar-refractivity contribution < 1.29 is 19.1 Å². The van der Waals surface area contributed by atoms with Crippen molar-refractivity contribution in [1.82, 2.24) is 9.80 Å². The van der Waals surface area contributed by atoms with Crippen molar-refractivity contribution in [3.63, 3.8) is 0 Å². The Kier molecular flexibility index (Phi) is 5.49. The number of hydrogen-bond acceptors (Lipinski definition) is 5. The zero-order valence-electron chi connectivity index (χ0n) is 16.1.